The average Bonchev–Trinajstić information content (AvgIpc) is 2.52. The molecule has 1 aromatic carbocycles. The summed E-state index contributed by atoms with van der Waals surface area (Å²) in [6, 6.07) is 7.70. The van der Waals surface area contributed by atoms with Crippen LogP contribution in [0.3, 0.4) is 0 Å². The average molecular weight is 163 g/mol. The molecule has 0 aliphatic carbocycles. The van der Waals surface area contributed by atoms with Gasteiger partial charge in [-0.3, -0.25) is 0 Å². The first-order valence-corrected chi connectivity index (χ1v) is 4.14. The number of hydrogen-bond acceptors (Lipinski definition) is 2. The Morgan fingerprint density at radius 2 is 1.50 bits per heavy atom. The van der Waals surface area contributed by atoms with Crippen LogP contribution in [0.15, 0.2) is 24.3 Å². The molecular weight excluding hydrogens is 150 g/mol. The maximum atomic E-state index is 3.88. The van der Waals surface area contributed by atoms with Gasteiger partial charge in [-0.15, -0.1) is 0 Å². The first kappa shape index (κ1) is 8.71. The highest BCUT2D eigenvalue weighted by atomic mass is 15.3. The summed E-state index contributed by atoms with van der Waals surface area (Å²) < 4.78 is 0. The van der Waals surface area contributed by atoms with Crippen LogP contribution in [-0.2, 0) is 0 Å². The van der Waals surface area contributed by atoms with Gasteiger partial charge in [-0.2, -0.15) is 15.4 Å². The first-order valence-electron chi connectivity index (χ1n) is 4.14. The number of para-hydroxylation sites is 2. The molecule has 1 N–H and O–H groups in total. The molecule has 0 saturated heterocycles. The van der Waals surface area contributed by atoms with Crippen molar-refractivity contribution >= 4 is 11.0 Å². The Morgan fingerprint density at radius 1 is 1.08 bits per heavy atom. The van der Waals surface area contributed by atoms with Gasteiger partial charge in [-0.1, -0.05) is 32.4 Å². The molecule has 1 heterocycles. The molecule has 0 radical (unpaired) electrons. The minimum absolute atomic E-state index is 0.914. The number of nitrogens with zero attached hydrogens (tertiary/aromatic N) is 2. The van der Waals surface area contributed by atoms with Crippen LogP contribution in [-0.4, -0.2) is 15.4 Å². The third-order valence-corrected chi connectivity index (χ3v) is 1.22. The lowest BCUT2D eigenvalue weighted by atomic mass is 10.3. The van der Waals surface area contributed by atoms with Crippen molar-refractivity contribution in [3.63, 3.8) is 0 Å². The van der Waals surface area contributed by atoms with E-state index >= 15 is 0 Å². The highest BCUT2D eigenvalue weighted by Crippen LogP contribution is 2.03. The van der Waals surface area contributed by atoms with Gasteiger partial charge in [-0.05, 0) is 12.1 Å². The molecule has 0 amide bonds. The van der Waals surface area contributed by atoms with E-state index in [0.717, 1.165) is 11.0 Å². The topological polar surface area (TPSA) is 41.6 Å². The summed E-state index contributed by atoms with van der Waals surface area (Å²) in [5.74, 6) is 0. The number of rotatable bonds is 0. The van der Waals surface area contributed by atoms with Gasteiger partial charge in [0.25, 0.3) is 0 Å². The summed E-state index contributed by atoms with van der Waals surface area (Å²) in [6.45, 7) is 4.25. The lowest BCUT2D eigenvalue weighted by molar-refractivity contribution is 0.959. The molecule has 12 heavy (non-hydrogen) atoms. The van der Waals surface area contributed by atoms with Crippen molar-refractivity contribution in [1.82, 2.24) is 15.4 Å². The summed E-state index contributed by atoms with van der Waals surface area (Å²) in [4.78, 5) is 0. The fraction of sp³-hybridized carbons (Fsp3) is 0.333. The van der Waals surface area contributed by atoms with Crippen molar-refractivity contribution < 1.29 is 0 Å². The van der Waals surface area contributed by atoms with Crippen LogP contribution >= 0.6 is 0 Å². The minimum Gasteiger partial charge on any atom is -0.197 e. The molecule has 2 aromatic rings. The Labute approximate surface area is 71.8 Å². The molecule has 3 heteroatoms. The zero-order valence-electron chi connectivity index (χ0n) is 7.41. The van der Waals surface area contributed by atoms with Crippen molar-refractivity contribution in [2.24, 2.45) is 0 Å². The Morgan fingerprint density at radius 3 is 1.92 bits per heavy atom. The van der Waals surface area contributed by atoms with Crippen LogP contribution in [0.4, 0.5) is 0 Å². The second-order valence-corrected chi connectivity index (χ2v) is 2.52. The monoisotopic (exact) mass is 163 g/mol. The lowest BCUT2D eigenvalue weighted by Gasteiger charge is -1.78. The maximum Gasteiger partial charge on any atom is 0.112 e. The minimum atomic E-state index is 0.914. The third kappa shape index (κ3) is 2.05. The Kier molecular flexibility index (Phi) is 3.26. The van der Waals surface area contributed by atoms with Gasteiger partial charge in [0.15, 0.2) is 0 Å². The molecule has 0 bridgehead atoms. The van der Waals surface area contributed by atoms with Crippen molar-refractivity contribution in [2.45, 2.75) is 20.3 Å². The smallest absolute Gasteiger partial charge is 0.112 e. The number of hydrogen-bond donors (Lipinski definition) is 1. The second-order valence-electron chi connectivity index (χ2n) is 2.52. The molecule has 0 unspecified atom stereocenters. The summed E-state index contributed by atoms with van der Waals surface area (Å²) >= 11 is 0. The standard InChI is InChI=1S/C6H5N3.C3H8/c1-2-4-6-5(3-1)7-9-8-6;1-3-2/h1-4H,(H,7,8,9);3H2,1-2H3. The molecule has 0 aliphatic rings. The summed E-state index contributed by atoms with van der Waals surface area (Å²) in [5, 5.41) is 10.3. The van der Waals surface area contributed by atoms with E-state index in [1.165, 1.54) is 6.42 Å². The van der Waals surface area contributed by atoms with Gasteiger partial charge in [-0.25, -0.2) is 0 Å². The molecule has 3 nitrogen and oxygen atoms in total. The van der Waals surface area contributed by atoms with Crippen molar-refractivity contribution in [1.29, 1.82) is 0 Å². The van der Waals surface area contributed by atoms with E-state index in [-0.39, 0.29) is 0 Å². The Hall–Kier alpha value is -1.38. The van der Waals surface area contributed by atoms with Gasteiger partial charge in [0.1, 0.15) is 11.0 Å². The summed E-state index contributed by atoms with van der Waals surface area (Å²) in [6.07, 6.45) is 1.25. The van der Waals surface area contributed by atoms with Crippen molar-refractivity contribution in [2.75, 3.05) is 0 Å². The predicted molar refractivity (Wildman–Crippen MR) is 49.9 cm³/mol. The third-order valence-electron chi connectivity index (χ3n) is 1.22. The van der Waals surface area contributed by atoms with Gasteiger partial charge in [0.2, 0.25) is 0 Å². The van der Waals surface area contributed by atoms with E-state index < -0.39 is 0 Å². The Bertz CT molecular complexity index is 297. The van der Waals surface area contributed by atoms with Crippen molar-refractivity contribution in [3.8, 4) is 0 Å². The van der Waals surface area contributed by atoms with Gasteiger partial charge in [0.05, 0.1) is 0 Å². The van der Waals surface area contributed by atoms with Crippen LogP contribution in [0.25, 0.3) is 11.0 Å². The summed E-state index contributed by atoms with van der Waals surface area (Å²) in [7, 11) is 0. The quantitative estimate of drug-likeness (QED) is 0.647. The van der Waals surface area contributed by atoms with E-state index in [9.17, 15) is 0 Å². The molecular formula is C9H13N3. The van der Waals surface area contributed by atoms with Crippen LogP contribution in [0.1, 0.15) is 20.3 Å². The fourth-order valence-corrected chi connectivity index (χ4v) is 0.786. The molecule has 2 rings (SSSR count). The van der Waals surface area contributed by atoms with Crippen LogP contribution in [0.2, 0.25) is 0 Å². The van der Waals surface area contributed by atoms with Crippen LogP contribution in [0, 0.1) is 0 Å². The second kappa shape index (κ2) is 4.49. The molecule has 0 aliphatic heterocycles. The number of aromatic nitrogens is 3. The molecule has 0 spiro atoms. The SMILES string of the molecule is CCC.c1ccc2n[nH]nc2c1. The number of H-pyrrole nitrogens is 1. The van der Waals surface area contributed by atoms with Crippen molar-refractivity contribution in [3.05, 3.63) is 24.3 Å². The fourth-order valence-electron chi connectivity index (χ4n) is 0.786. The van der Waals surface area contributed by atoms with Gasteiger partial charge >= 0.3 is 0 Å². The van der Waals surface area contributed by atoms with Gasteiger partial charge < -0.3 is 0 Å². The first-order chi connectivity index (χ1) is 5.88. The van der Waals surface area contributed by atoms with Crippen LogP contribution < -0.4 is 0 Å². The van der Waals surface area contributed by atoms with E-state index in [1.54, 1.807) is 0 Å². The normalized spacial score (nSPS) is 9.17. The number of aromatic amines is 1. The largest absolute Gasteiger partial charge is 0.197 e. The zero-order chi connectivity index (χ0) is 8.81. The molecule has 1 aromatic heterocycles. The molecule has 0 saturated carbocycles. The van der Waals surface area contributed by atoms with E-state index in [0.29, 0.717) is 0 Å². The van der Waals surface area contributed by atoms with Gasteiger partial charge in [0, 0.05) is 0 Å². The number of fused-ring (bicyclic) bond motifs is 1. The molecule has 0 fully saturated rings. The number of benzene rings is 1. The van der Waals surface area contributed by atoms with E-state index in [2.05, 4.69) is 29.3 Å². The van der Waals surface area contributed by atoms with E-state index in [4.69, 9.17) is 0 Å². The van der Waals surface area contributed by atoms with Crippen LogP contribution in [0.5, 0.6) is 0 Å². The predicted octanol–water partition coefficient (Wildman–Crippen LogP) is 2.37. The highest BCUT2D eigenvalue weighted by molar-refractivity contribution is 5.72. The lowest BCUT2D eigenvalue weighted by Crippen LogP contribution is -1.63. The maximum absolute atomic E-state index is 3.88. The summed E-state index contributed by atoms with van der Waals surface area (Å²) in [5.41, 5.74) is 1.83. The molecule has 64 valence electrons. The highest BCUT2D eigenvalue weighted by Gasteiger charge is 1.90. The number of nitrogens with one attached hydrogen (secondary N) is 1. The molecule has 0 atom stereocenters. The van der Waals surface area contributed by atoms with E-state index in [1.807, 2.05) is 24.3 Å². The Balaban J connectivity index is 0.000000213. The zero-order valence-corrected chi connectivity index (χ0v) is 7.41.